The highest BCUT2D eigenvalue weighted by atomic mass is 79.9. The average Bonchev–Trinajstić information content (AvgIpc) is 2.93. The van der Waals surface area contributed by atoms with E-state index in [1.54, 1.807) is 0 Å². The molecule has 1 aromatic rings. The topological polar surface area (TPSA) is 15.3 Å². The maximum atomic E-state index is 3.79. The van der Waals surface area contributed by atoms with Crippen LogP contribution in [0.3, 0.4) is 0 Å². The van der Waals surface area contributed by atoms with Gasteiger partial charge in [0.2, 0.25) is 0 Å². The van der Waals surface area contributed by atoms with Crippen molar-refractivity contribution in [2.24, 2.45) is 5.92 Å². The zero-order valence-corrected chi connectivity index (χ0v) is 15.4. The monoisotopic (exact) mass is 370 g/mol. The molecule has 1 saturated heterocycles. The number of rotatable bonds is 4. The Balaban J connectivity index is 1.69. The lowest BCUT2D eigenvalue weighted by molar-refractivity contribution is 0.0653. The van der Waals surface area contributed by atoms with Gasteiger partial charge in [0.25, 0.3) is 0 Å². The molecule has 1 aliphatic heterocycles. The number of hydrogen-bond donors (Lipinski definition) is 1. The molecule has 0 radical (unpaired) electrons. The molecule has 3 rings (SSSR count). The standard InChI is InChI=1S/C17H27BrN2S/c1-2-15-10-20(11-16-8-14(18)12-21-16)17(9-19-15)13-6-4-3-5-7-13/h8,12-13,15,17,19H,2-7,9-11H2,1H3. The van der Waals surface area contributed by atoms with Crippen molar-refractivity contribution in [1.82, 2.24) is 10.2 Å². The average molecular weight is 371 g/mol. The van der Waals surface area contributed by atoms with Crippen LogP contribution in [0.25, 0.3) is 0 Å². The number of nitrogens with one attached hydrogen (secondary N) is 1. The summed E-state index contributed by atoms with van der Waals surface area (Å²) in [5.74, 6) is 0.910. The second-order valence-electron chi connectivity index (χ2n) is 6.64. The van der Waals surface area contributed by atoms with Gasteiger partial charge in [0.1, 0.15) is 0 Å². The van der Waals surface area contributed by atoms with Crippen molar-refractivity contribution >= 4 is 27.3 Å². The third kappa shape index (κ3) is 4.10. The van der Waals surface area contributed by atoms with Crippen LogP contribution in [0.4, 0.5) is 0 Å². The van der Waals surface area contributed by atoms with E-state index in [2.05, 4.69) is 44.5 Å². The molecule has 2 unspecified atom stereocenters. The Morgan fingerprint density at radius 2 is 2.14 bits per heavy atom. The summed E-state index contributed by atoms with van der Waals surface area (Å²) in [6, 6.07) is 3.72. The number of halogens is 1. The van der Waals surface area contributed by atoms with E-state index in [0.717, 1.165) is 18.5 Å². The van der Waals surface area contributed by atoms with E-state index in [0.29, 0.717) is 6.04 Å². The highest BCUT2D eigenvalue weighted by molar-refractivity contribution is 9.10. The molecule has 1 aliphatic carbocycles. The summed E-state index contributed by atoms with van der Waals surface area (Å²) in [4.78, 5) is 4.28. The van der Waals surface area contributed by atoms with Gasteiger partial charge in [0.05, 0.1) is 0 Å². The zero-order valence-electron chi connectivity index (χ0n) is 13.0. The van der Waals surface area contributed by atoms with Crippen LogP contribution in [-0.2, 0) is 6.54 Å². The second kappa shape index (κ2) is 7.58. The fraction of sp³-hybridized carbons (Fsp3) is 0.765. The van der Waals surface area contributed by atoms with Crippen molar-refractivity contribution in [3.63, 3.8) is 0 Å². The molecule has 2 heterocycles. The molecule has 0 bridgehead atoms. The first-order valence-corrected chi connectivity index (χ1v) is 10.1. The fourth-order valence-electron chi connectivity index (χ4n) is 3.98. The minimum absolute atomic E-state index is 0.674. The number of hydrogen-bond acceptors (Lipinski definition) is 3. The second-order valence-corrected chi connectivity index (χ2v) is 8.55. The lowest BCUT2D eigenvalue weighted by Gasteiger charge is -2.45. The maximum Gasteiger partial charge on any atom is 0.0332 e. The summed E-state index contributed by atoms with van der Waals surface area (Å²) in [5, 5.41) is 6.00. The number of nitrogens with zero attached hydrogens (tertiary/aromatic N) is 1. The van der Waals surface area contributed by atoms with Gasteiger partial charge in [-0.1, -0.05) is 26.2 Å². The van der Waals surface area contributed by atoms with Crippen LogP contribution in [0.5, 0.6) is 0 Å². The minimum Gasteiger partial charge on any atom is -0.311 e. The maximum absolute atomic E-state index is 3.79. The summed E-state index contributed by atoms with van der Waals surface area (Å²) >= 11 is 5.49. The number of piperazine rings is 1. The highest BCUT2D eigenvalue weighted by Crippen LogP contribution is 2.32. The molecule has 2 atom stereocenters. The van der Waals surface area contributed by atoms with Crippen LogP contribution in [-0.4, -0.2) is 30.1 Å². The highest BCUT2D eigenvalue weighted by Gasteiger charge is 2.33. The van der Waals surface area contributed by atoms with E-state index in [-0.39, 0.29) is 0 Å². The predicted octanol–water partition coefficient (Wildman–Crippen LogP) is 4.64. The molecule has 118 valence electrons. The van der Waals surface area contributed by atoms with Gasteiger partial charge >= 0.3 is 0 Å². The lowest BCUT2D eigenvalue weighted by atomic mass is 9.82. The van der Waals surface area contributed by atoms with Crippen LogP contribution >= 0.6 is 27.3 Å². The van der Waals surface area contributed by atoms with Gasteiger partial charge in [0, 0.05) is 46.4 Å². The summed E-state index contributed by atoms with van der Waals surface area (Å²) in [6.45, 7) is 5.84. The molecular formula is C17H27BrN2S. The molecule has 21 heavy (non-hydrogen) atoms. The quantitative estimate of drug-likeness (QED) is 0.829. The predicted molar refractivity (Wildman–Crippen MR) is 94.9 cm³/mol. The Morgan fingerprint density at radius 1 is 1.33 bits per heavy atom. The molecule has 1 aromatic heterocycles. The summed E-state index contributed by atoms with van der Waals surface area (Å²) in [7, 11) is 0. The summed E-state index contributed by atoms with van der Waals surface area (Å²) in [6.07, 6.45) is 8.45. The van der Waals surface area contributed by atoms with Gasteiger partial charge in [-0.15, -0.1) is 11.3 Å². The summed E-state index contributed by atoms with van der Waals surface area (Å²) < 4.78 is 1.24. The van der Waals surface area contributed by atoms with Crippen molar-refractivity contribution in [2.45, 2.75) is 64.1 Å². The summed E-state index contributed by atoms with van der Waals surface area (Å²) in [5.41, 5.74) is 0. The Bertz CT molecular complexity index is 442. The van der Waals surface area contributed by atoms with E-state index in [9.17, 15) is 0 Å². The van der Waals surface area contributed by atoms with Crippen LogP contribution < -0.4 is 5.32 Å². The fourth-order valence-corrected chi connectivity index (χ4v) is 5.45. The molecule has 4 heteroatoms. The van der Waals surface area contributed by atoms with Gasteiger partial charge in [-0.25, -0.2) is 0 Å². The SMILES string of the molecule is CCC1CN(Cc2cc(Br)cs2)C(C2CCCCC2)CN1. The largest absolute Gasteiger partial charge is 0.311 e. The zero-order chi connectivity index (χ0) is 14.7. The molecule has 0 aromatic carbocycles. The Hall–Kier alpha value is 0.1000. The third-order valence-electron chi connectivity index (χ3n) is 5.21. The first kappa shape index (κ1) is 16.0. The third-order valence-corrected chi connectivity index (χ3v) is 6.89. The van der Waals surface area contributed by atoms with Gasteiger partial charge in [-0.05, 0) is 47.2 Å². The Morgan fingerprint density at radius 3 is 2.81 bits per heavy atom. The molecule has 1 N–H and O–H groups in total. The lowest BCUT2D eigenvalue weighted by Crippen LogP contribution is -2.58. The normalized spacial score (nSPS) is 28.9. The minimum atomic E-state index is 0.674. The van der Waals surface area contributed by atoms with E-state index in [4.69, 9.17) is 0 Å². The van der Waals surface area contributed by atoms with Gasteiger partial charge in [-0.3, -0.25) is 4.90 Å². The molecular weight excluding hydrogens is 344 g/mol. The van der Waals surface area contributed by atoms with Crippen LogP contribution in [0.15, 0.2) is 15.9 Å². The van der Waals surface area contributed by atoms with E-state index in [1.807, 2.05) is 11.3 Å². The first-order valence-electron chi connectivity index (χ1n) is 8.46. The molecule has 2 nitrogen and oxygen atoms in total. The van der Waals surface area contributed by atoms with Crippen LogP contribution in [0.1, 0.15) is 50.3 Å². The Kier molecular flexibility index (Phi) is 5.77. The molecule has 2 fully saturated rings. The van der Waals surface area contributed by atoms with Crippen molar-refractivity contribution in [1.29, 1.82) is 0 Å². The van der Waals surface area contributed by atoms with Gasteiger partial charge in [-0.2, -0.15) is 0 Å². The van der Waals surface area contributed by atoms with Crippen molar-refractivity contribution in [3.8, 4) is 0 Å². The molecule has 1 saturated carbocycles. The van der Waals surface area contributed by atoms with Crippen molar-refractivity contribution in [3.05, 3.63) is 20.8 Å². The first-order chi connectivity index (χ1) is 10.3. The smallest absolute Gasteiger partial charge is 0.0332 e. The molecule has 0 spiro atoms. The Labute approximate surface area is 141 Å². The van der Waals surface area contributed by atoms with Gasteiger partial charge in [0.15, 0.2) is 0 Å². The van der Waals surface area contributed by atoms with Crippen LogP contribution in [0, 0.1) is 5.92 Å². The molecule has 0 amide bonds. The number of thiophene rings is 1. The van der Waals surface area contributed by atoms with E-state index in [1.165, 1.54) is 61.0 Å². The van der Waals surface area contributed by atoms with Gasteiger partial charge < -0.3 is 5.32 Å². The van der Waals surface area contributed by atoms with E-state index >= 15 is 0 Å². The molecule has 2 aliphatic rings. The van der Waals surface area contributed by atoms with Crippen molar-refractivity contribution < 1.29 is 0 Å². The van der Waals surface area contributed by atoms with E-state index < -0.39 is 0 Å². The van der Waals surface area contributed by atoms with Crippen LogP contribution in [0.2, 0.25) is 0 Å². The van der Waals surface area contributed by atoms with Crippen molar-refractivity contribution in [2.75, 3.05) is 13.1 Å².